The lowest BCUT2D eigenvalue weighted by Crippen LogP contribution is -2.57. The number of para-hydroxylation sites is 1. The van der Waals surface area contributed by atoms with Crippen LogP contribution in [-0.4, -0.2) is 17.4 Å². The number of hydrogen-bond donors (Lipinski definition) is 1. The SMILES string of the molecule is CC(C)(C)C(c1ccccc1OC(F)(F)F)(c1cccc2ccccc12)C(C)(C#N)C(=O)O. The molecule has 0 aliphatic rings. The van der Waals surface area contributed by atoms with Crippen molar-refractivity contribution in [1.82, 2.24) is 0 Å². The van der Waals surface area contributed by atoms with Crippen molar-refractivity contribution in [2.75, 3.05) is 0 Å². The van der Waals surface area contributed by atoms with Gasteiger partial charge in [0.15, 0.2) is 5.41 Å². The summed E-state index contributed by atoms with van der Waals surface area (Å²) in [5, 5.41) is 22.0. The molecule has 0 saturated carbocycles. The van der Waals surface area contributed by atoms with Gasteiger partial charge in [-0.15, -0.1) is 13.2 Å². The van der Waals surface area contributed by atoms with Gasteiger partial charge in [0, 0.05) is 5.56 Å². The number of benzene rings is 3. The molecule has 3 aromatic rings. The van der Waals surface area contributed by atoms with Gasteiger partial charge in [0.25, 0.3) is 0 Å². The number of carboxylic acid groups (broad SMARTS) is 1. The van der Waals surface area contributed by atoms with E-state index in [-0.39, 0.29) is 5.56 Å². The van der Waals surface area contributed by atoms with E-state index in [4.69, 9.17) is 0 Å². The number of carboxylic acids is 1. The summed E-state index contributed by atoms with van der Waals surface area (Å²) < 4.78 is 44.6. The molecular formula is C26H24F3NO3. The molecule has 0 saturated heterocycles. The van der Waals surface area contributed by atoms with Crippen molar-refractivity contribution in [3.63, 3.8) is 0 Å². The van der Waals surface area contributed by atoms with Gasteiger partial charge in [0.05, 0.1) is 11.5 Å². The Hall–Kier alpha value is -3.53. The number of nitriles is 1. The number of carbonyl (C=O) groups is 1. The van der Waals surface area contributed by atoms with Gasteiger partial charge in [-0.1, -0.05) is 81.4 Å². The fourth-order valence-electron chi connectivity index (χ4n) is 5.08. The maximum Gasteiger partial charge on any atom is 0.573 e. The first kappa shape index (κ1) is 24.1. The highest BCUT2D eigenvalue weighted by atomic mass is 19.4. The van der Waals surface area contributed by atoms with E-state index in [1.54, 1.807) is 45.0 Å². The molecule has 0 radical (unpaired) electrons. The van der Waals surface area contributed by atoms with Gasteiger partial charge < -0.3 is 9.84 Å². The summed E-state index contributed by atoms with van der Waals surface area (Å²) >= 11 is 0. The molecule has 0 aliphatic carbocycles. The maximum absolute atomic E-state index is 13.4. The zero-order chi connectivity index (χ0) is 24.7. The van der Waals surface area contributed by atoms with Crippen molar-refractivity contribution in [2.45, 2.75) is 39.5 Å². The van der Waals surface area contributed by atoms with Crippen LogP contribution < -0.4 is 4.74 Å². The Morgan fingerprint density at radius 2 is 1.42 bits per heavy atom. The highest BCUT2D eigenvalue weighted by Gasteiger charge is 2.63. The molecule has 0 aromatic heterocycles. The van der Waals surface area contributed by atoms with E-state index in [1.165, 1.54) is 25.1 Å². The number of ether oxygens (including phenoxy) is 1. The molecule has 2 unspecified atom stereocenters. The van der Waals surface area contributed by atoms with Gasteiger partial charge in [-0.25, -0.2) is 0 Å². The molecule has 7 heteroatoms. The van der Waals surface area contributed by atoms with Crippen LogP contribution in [0.4, 0.5) is 13.2 Å². The number of nitrogens with zero attached hydrogens (tertiary/aromatic N) is 1. The average Bonchev–Trinajstić information content (AvgIpc) is 2.73. The molecule has 3 rings (SSSR count). The summed E-state index contributed by atoms with van der Waals surface area (Å²) in [6.45, 7) is 6.42. The fraction of sp³-hybridized carbons (Fsp3) is 0.308. The molecular weight excluding hydrogens is 431 g/mol. The number of fused-ring (bicyclic) bond motifs is 1. The number of alkyl halides is 3. The number of rotatable bonds is 5. The lowest BCUT2D eigenvalue weighted by atomic mass is 9.47. The molecule has 172 valence electrons. The van der Waals surface area contributed by atoms with Crippen LogP contribution in [-0.2, 0) is 10.2 Å². The predicted molar refractivity (Wildman–Crippen MR) is 119 cm³/mol. The predicted octanol–water partition coefficient (Wildman–Crippen LogP) is 6.69. The molecule has 0 spiro atoms. The summed E-state index contributed by atoms with van der Waals surface area (Å²) in [6, 6.07) is 19.8. The number of halogens is 3. The minimum Gasteiger partial charge on any atom is -0.480 e. The van der Waals surface area contributed by atoms with Crippen molar-refractivity contribution < 1.29 is 27.8 Å². The summed E-state index contributed by atoms with van der Waals surface area (Å²) in [7, 11) is 0. The van der Waals surface area contributed by atoms with Crippen molar-refractivity contribution in [3.05, 3.63) is 77.9 Å². The van der Waals surface area contributed by atoms with Crippen molar-refractivity contribution in [1.29, 1.82) is 5.26 Å². The van der Waals surface area contributed by atoms with Crippen LogP contribution in [0.25, 0.3) is 10.8 Å². The highest BCUT2D eigenvalue weighted by Crippen LogP contribution is 2.61. The van der Waals surface area contributed by atoms with Gasteiger partial charge in [-0.2, -0.15) is 5.26 Å². The second-order valence-corrected chi connectivity index (χ2v) is 9.11. The van der Waals surface area contributed by atoms with E-state index in [1.807, 2.05) is 24.3 Å². The van der Waals surface area contributed by atoms with E-state index in [0.717, 1.165) is 11.5 Å². The fourth-order valence-corrected chi connectivity index (χ4v) is 5.08. The Kier molecular flexibility index (Phi) is 5.93. The summed E-state index contributed by atoms with van der Waals surface area (Å²) in [5.74, 6) is -2.00. The van der Waals surface area contributed by atoms with Gasteiger partial charge in [-0.3, -0.25) is 4.79 Å². The Balaban J connectivity index is 2.64. The van der Waals surface area contributed by atoms with Crippen LogP contribution in [0.15, 0.2) is 66.7 Å². The largest absolute Gasteiger partial charge is 0.573 e. The van der Waals surface area contributed by atoms with Crippen LogP contribution in [0.3, 0.4) is 0 Å². The van der Waals surface area contributed by atoms with E-state index >= 15 is 0 Å². The lowest BCUT2D eigenvalue weighted by molar-refractivity contribution is -0.275. The summed E-state index contributed by atoms with van der Waals surface area (Å²) in [6.07, 6.45) is -5.01. The van der Waals surface area contributed by atoms with E-state index in [2.05, 4.69) is 4.74 Å². The third kappa shape index (κ3) is 3.80. The van der Waals surface area contributed by atoms with Gasteiger partial charge in [0.2, 0.25) is 0 Å². The monoisotopic (exact) mass is 455 g/mol. The Morgan fingerprint density at radius 3 is 2.00 bits per heavy atom. The standard InChI is InChI=1S/C26H24F3NO3/c1-23(2,3)25(24(4,16-30)22(31)32,19-14-9-11-17-10-5-6-12-18(17)19)20-13-7-8-15-21(20)33-26(27,28)29/h5-15H,1-4H3,(H,31,32). The van der Waals surface area contributed by atoms with Crippen molar-refractivity contribution in [2.24, 2.45) is 10.8 Å². The van der Waals surface area contributed by atoms with Gasteiger partial charge >= 0.3 is 12.3 Å². The highest BCUT2D eigenvalue weighted by molar-refractivity contribution is 5.91. The summed E-state index contributed by atoms with van der Waals surface area (Å²) in [5.41, 5.74) is -4.56. The normalized spacial score (nSPS) is 15.8. The smallest absolute Gasteiger partial charge is 0.480 e. The lowest BCUT2D eigenvalue weighted by Gasteiger charge is -2.52. The van der Waals surface area contributed by atoms with Crippen LogP contribution in [0, 0.1) is 22.2 Å². The molecule has 33 heavy (non-hydrogen) atoms. The molecule has 4 nitrogen and oxygen atoms in total. The van der Waals surface area contributed by atoms with Crippen molar-refractivity contribution in [3.8, 4) is 11.8 Å². The Morgan fingerprint density at radius 1 is 0.879 bits per heavy atom. The number of aliphatic carboxylic acids is 1. The topological polar surface area (TPSA) is 70.3 Å². The molecule has 1 N–H and O–H groups in total. The van der Waals surface area contributed by atoms with E-state index in [9.17, 15) is 28.3 Å². The third-order valence-corrected chi connectivity index (χ3v) is 6.24. The number of hydrogen-bond acceptors (Lipinski definition) is 3. The average molecular weight is 455 g/mol. The summed E-state index contributed by atoms with van der Waals surface area (Å²) in [4.78, 5) is 12.7. The van der Waals surface area contributed by atoms with Gasteiger partial charge in [-0.05, 0) is 34.7 Å². The first-order valence-electron chi connectivity index (χ1n) is 10.3. The quantitative estimate of drug-likeness (QED) is 0.466. The maximum atomic E-state index is 13.4. The Bertz CT molecular complexity index is 1230. The van der Waals surface area contributed by atoms with E-state index < -0.39 is 34.3 Å². The zero-order valence-electron chi connectivity index (χ0n) is 18.7. The molecule has 0 heterocycles. The second-order valence-electron chi connectivity index (χ2n) is 9.11. The third-order valence-electron chi connectivity index (χ3n) is 6.24. The molecule has 0 bridgehead atoms. The zero-order valence-corrected chi connectivity index (χ0v) is 18.7. The first-order valence-corrected chi connectivity index (χ1v) is 10.3. The minimum absolute atomic E-state index is 0.0300. The molecule has 0 amide bonds. The Labute approximate surface area is 190 Å². The van der Waals surface area contributed by atoms with E-state index in [0.29, 0.717) is 10.9 Å². The van der Waals surface area contributed by atoms with Crippen LogP contribution >= 0.6 is 0 Å². The molecule has 0 aliphatic heterocycles. The molecule has 0 fully saturated rings. The second kappa shape index (κ2) is 8.11. The van der Waals surface area contributed by atoms with Crippen molar-refractivity contribution >= 4 is 16.7 Å². The van der Waals surface area contributed by atoms with Crippen LogP contribution in [0.1, 0.15) is 38.8 Å². The van der Waals surface area contributed by atoms with Crippen LogP contribution in [0.5, 0.6) is 5.75 Å². The van der Waals surface area contributed by atoms with Gasteiger partial charge in [0.1, 0.15) is 5.75 Å². The minimum atomic E-state index is -5.01. The molecule has 3 aromatic carbocycles. The molecule has 2 atom stereocenters. The van der Waals surface area contributed by atoms with Crippen LogP contribution in [0.2, 0.25) is 0 Å². The first-order chi connectivity index (χ1) is 15.3.